The summed E-state index contributed by atoms with van der Waals surface area (Å²) in [6, 6.07) is 14.3. The fourth-order valence-electron chi connectivity index (χ4n) is 2.69. The van der Waals surface area contributed by atoms with E-state index in [0.717, 1.165) is 5.56 Å². The predicted molar refractivity (Wildman–Crippen MR) is 188 cm³/mol. The number of aliphatic hydroxyl groups is 1. The standard InChI is InChI=1S/C13H17ClO4.C12H17ClO3.I3.I2/c1-13(2,17-4)18-11(12(15)16-3)9-7-5-6-8-10(9)14;1-12(2,15-3)16-11(8-14)9-6-4-5-7-10(9)13;1-3-2;1-2/h5-8,11H,1-4H3;4-7,11,14H,8H2,1-3H3;;/q;;-1;/t2*11-;;/m01../s1. The molecule has 0 aliphatic heterocycles. The van der Waals surface area contributed by atoms with Crippen LogP contribution in [0, 0.1) is 0 Å². The van der Waals surface area contributed by atoms with Crippen molar-refractivity contribution in [1.29, 1.82) is 0 Å². The Balaban J connectivity index is 0. The number of carbonyl (C=O) groups is 1. The molecule has 0 fully saturated rings. The number of esters is 1. The van der Waals surface area contributed by atoms with Gasteiger partial charge in [0.15, 0.2) is 17.7 Å². The van der Waals surface area contributed by atoms with Gasteiger partial charge in [0.05, 0.1) is 13.7 Å². The number of ether oxygens (including phenoxy) is 5. The minimum absolute atomic E-state index is 0.142. The number of benzene rings is 2. The predicted octanol–water partition coefficient (Wildman–Crippen LogP) is 6.27. The third-order valence-corrected chi connectivity index (χ3v) is 5.52. The average Bonchev–Trinajstić information content (AvgIpc) is 2.93. The van der Waals surface area contributed by atoms with E-state index in [0.29, 0.717) is 28.9 Å². The Kier molecular flexibility index (Phi) is 26.8. The molecular formula is C25H34Cl2I5O7-. The third kappa shape index (κ3) is 18.4. The molecule has 0 radical (unpaired) electrons. The zero-order chi connectivity index (χ0) is 30.6. The van der Waals surface area contributed by atoms with Gasteiger partial charge >= 0.3 is 56.5 Å². The van der Waals surface area contributed by atoms with Crippen LogP contribution in [0.5, 0.6) is 0 Å². The first-order chi connectivity index (χ1) is 18.3. The number of methoxy groups -OCH3 is 3. The average molecular weight is 1150 g/mol. The molecule has 7 nitrogen and oxygen atoms in total. The Bertz CT molecular complexity index is 939. The summed E-state index contributed by atoms with van der Waals surface area (Å²) in [5.74, 6) is -2.20. The van der Waals surface area contributed by atoms with Gasteiger partial charge in [0, 0.05) is 72.6 Å². The van der Waals surface area contributed by atoms with Crippen molar-refractivity contribution in [2.45, 2.75) is 51.5 Å². The quantitative estimate of drug-likeness (QED) is 0.171. The summed E-state index contributed by atoms with van der Waals surface area (Å²) in [6.07, 6.45) is -1.40. The fraction of sp³-hybridized carbons (Fsp3) is 0.480. The molecule has 1 N–H and O–H groups in total. The monoisotopic (exact) mass is 1150 g/mol. The Labute approximate surface area is 295 Å². The summed E-state index contributed by atoms with van der Waals surface area (Å²) < 4.78 is 26.3. The van der Waals surface area contributed by atoms with Crippen LogP contribution in [0.25, 0.3) is 0 Å². The van der Waals surface area contributed by atoms with Crippen LogP contribution < -0.4 is 13.3 Å². The molecule has 0 aromatic heterocycles. The number of carbonyl (C=O) groups excluding carboxylic acids is 1. The van der Waals surface area contributed by atoms with Crippen LogP contribution in [0.1, 0.15) is 51.0 Å². The van der Waals surface area contributed by atoms with Crippen LogP contribution in [-0.4, -0.2) is 50.6 Å². The molecule has 226 valence electrons. The van der Waals surface area contributed by atoms with E-state index < -0.39 is 29.8 Å². The van der Waals surface area contributed by atoms with Crippen molar-refractivity contribution in [1.82, 2.24) is 0 Å². The Hall–Kier alpha value is 1.94. The van der Waals surface area contributed by atoms with Crippen molar-refractivity contribution < 1.29 is 46.8 Å². The third-order valence-electron chi connectivity index (χ3n) is 4.83. The van der Waals surface area contributed by atoms with Gasteiger partial charge in [-0.3, -0.25) is 0 Å². The zero-order valence-corrected chi connectivity index (χ0v) is 34.8. The maximum atomic E-state index is 11.8. The van der Waals surface area contributed by atoms with Gasteiger partial charge in [-0.1, -0.05) is 59.6 Å². The van der Waals surface area contributed by atoms with Gasteiger partial charge in [-0.15, -0.1) is 0 Å². The molecular weight excluding hydrogens is 1120 g/mol. The molecule has 0 amide bonds. The van der Waals surface area contributed by atoms with E-state index in [4.69, 9.17) is 46.9 Å². The second kappa shape index (κ2) is 24.3. The molecule has 2 aromatic carbocycles. The first-order valence-corrected chi connectivity index (χ1v) is 30.6. The van der Waals surface area contributed by atoms with Crippen molar-refractivity contribution in [3.05, 3.63) is 69.7 Å². The second-order valence-electron chi connectivity index (χ2n) is 8.12. The summed E-state index contributed by atoms with van der Waals surface area (Å²) >= 11 is 21.6. The van der Waals surface area contributed by atoms with Crippen LogP contribution >= 0.6 is 97.7 Å². The van der Waals surface area contributed by atoms with Crippen LogP contribution in [0.3, 0.4) is 0 Å². The maximum absolute atomic E-state index is 11.8. The minimum atomic E-state index is -0.919. The van der Waals surface area contributed by atoms with Crippen LogP contribution in [0.15, 0.2) is 48.5 Å². The van der Waals surface area contributed by atoms with Crippen molar-refractivity contribution in [3.8, 4) is 0 Å². The van der Waals surface area contributed by atoms with Crippen LogP contribution in [-0.2, 0) is 28.5 Å². The van der Waals surface area contributed by atoms with Crippen molar-refractivity contribution >= 4 is 104 Å². The molecule has 14 heteroatoms. The molecule has 0 aliphatic rings. The van der Waals surface area contributed by atoms with Gasteiger partial charge in [0.1, 0.15) is 6.10 Å². The van der Waals surface area contributed by atoms with Gasteiger partial charge in [-0.2, -0.15) is 0 Å². The van der Waals surface area contributed by atoms with E-state index in [1.807, 2.05) is 18.2 Å². The van der Waals surface area contributed by atoms with E-state index in [9.17, 15) is 9.90 Å². The normalized spacial score (nSPS) is 12.5. The van der Waals surface area contributed by atoms with Crippen molar-refractivity contribution in [2.75, 3.05) is 27.9 Å². The topological polar surface area (TPSA) is 83.5 Å². The molecule has 0 aliphatic carbocycles. The number of rotatable bonds is 10. The fourth-order valence-corrected chi connectivity index (χ4v) is 3.18. The zero-order valence-electron chi connectivity index (χ0n) is 22.5. The molecule has 0 saturated carbocycles. The number of aliphatic hydroxyl groups excluding tert-OH is 1. The molecule has 2 atom stereocenters. The van der Waals surface area contributed by atoms with Crippen LogP contribution in [0.2, 0.25) is 10.0 Å². The Morgan fingerprint density at radius 1 is 0.846 bits per heavy atom. The van der Waals surface area contributed by atoms with Crippen molar-refractivity contribution in [3.63, 3.8) is 0 Å². The van der Waals surface area contributed by atoms with Gasteiger partial charge in [-0.05, 0) is 39.8 Å². The number of halogens is 7. The Morgan fingerprint density at radius 2 is 1.23 bits per heavy atom. The van der Waals surface area contributed by atoms with Crippen LogP contribution in [0.4, 0.5) is 0 Å². The molecule has 0 bridgehead atoms. The molecule has 0 spiro atoms. The molecule has 39 heavy (non-hydrogen) atoms. The van der Waals surface area contributed by atoms with E-state index in [2.05, 4.69) is 74.5 Å². The Morgan fingerprint density at radius 3 is 1.59 bits per heavy atom. The van der Waals surface area contributed by atoms with Crippen molar-refractivity contribution in [2.24, 2.45) is 0 Å². The van der Waals surface area contributed by atoms with Gasteiger partial charge in [0.25, 0.3) is 0 Å². The van der Waals surface area contributed by atoms with Gasteiger partial charge in [-0.25, -0.2) is 4.79 Å². The van der Waals surface area contributed by atoms with E-state index in [1.54, 1.807) is 65.1 Å². The first-order valence-electron chi connectivity index (χ1n) is 11.0. The summed E-state index contributed by atoms with van der Waals surface area (Å²) in [4.78, 5) is 11.8. The summed E-state index contributed by atoms with van der Waals surface area (Å²) in [7, 11) is 4.36. The summed E-state index contributed by atoms with van der Waals surface area (Å²) in [5.41, 5.74) is 1.31. The summed E-state index contributed by atoms with van der Waals surface area (Å²) in [6.45, 7) is 6.84. The van der Waals surface area contributed by atoms with Gasteiger partial charge in [0.2, 0.25) is 0 Å². The molecule has 2 rings (SSSR count). The van der Waals surface area contributed by atoms with E-state index in [1.165, 1.54) is 14.2 Å². The molecule has 0 heterocycles. The molecule has 0 unspecified atom stereocenters. The molecule has 0 saturated heterocycles. The molecule has 2 aromatic rings. The summed E-state index contributed by atoms with van der Waals surface area (Å²) in [5, 5.41) is 10.3. The van der Waals surface area contributed by atoms with E-state index >= 15 is 0 Å². The second-order valence-corrected chi connectivity index (χ2v) is 25.2. The number of hydrogen-bond acceptors (Lipinski definition) is 7. The number of hydrogen-bond donors (Lipinski definition) is 1. The SMILES string of the molecule is COC(=O)[C@@H](OC(C)(C)OC)c1ccccc1Cl.COC(C)(C)O[C@H](CO)c1ccccc1Cl.II.I[I-]I. The van der Waals surface area contributed by atoms with Gasteiger partial charge < -0.3 is 28.8 Å². The first kappa shape index (κ1) is 43.1. The van der Waals surface area contributed by atoms with E-state index in [-0.39, 0.29) is 6.61 Å².